The van der Waals surface area contributed by atoms with E-state index in [1.165, 1.54) is 18.1 Å². The first kappa shape index (κ1) is 31.6. The van der Waals surface area contributed by atoms with Crippen LogP contribution in [0.25, 0.3) is 6.08 Å². The molecule has 1 aromatic carbocycles. The Hall–Kier alpha value is -2.95. The van der Waals surface area contributed by atoms with Crippen LogP contribution in [0.5, 0.6) is 5.75 Å². The highest BCUT2D eigenvalue weighted by atomic mass is 19.1. The van der Waals surface area contributed by atoms with Gasteiger partial charge in [0.2, 0.25) is 0 Å². The monoisotopic (exact) mass is 563 g/mol. The molecule has 4 atom stereocenters. The summed E-state index contributed by atoms with van der Waals surface area (Å²) in [5, 5.41) is 0. The number of methoxy groups -OCH3 is 1. The summed E-state index contributed by atoms with van der Waals surface area (Å²) in [5.41, 5.74) is 0.337. The molecule has 10 heteroatoms. The van der Waals surface area contributed by atoms with E-state index >= 15 is 0 Å². The number of rotatable bonds is 4. The molecule has 0 spiro atoms. The van der Waals surface area contributed by atoms with Crippen LogP contribution < -0.4 is 9.64 Å². The first-order chi connectivity index (χ1) is 18.6. The number of ether oxygens (including phenoxy) is 6. The second kappa shape index (κ2) is 12.7. The number of carbonyl (C=O) groups is 2. The highest BCUT2D eigenvalue weighted by molar-refractivity contribution is 5.99. The van der Waals surface area contributed by atoms with Gasteiger partial charge in [0, 0.05) is 32.6 Å². The van der Waals surface area contributed by atoms with Crippen LogP contribution in [0.4, 0.5) is 14.9 Å². The van der Waals surface area contributed by atoms with Crippen LogP contribution in [0.1, 0.15) is 77.2 Å². The van der Waals surface area contributed by atoms with Crippen LogP contribution in [0.15, 0.2) is 30.1 Å². The van der Waals surface area contributed by atoms with Crippen molar-refractivity contribution in [1.29, 1.82) is 0 Å². The number of nitrogens with zero attached hydrogens (tertiary/aromatic N) is 1. The van der Waals surface area contributed by atoms with Gasteiger partial charge in [-0.15, -0.1) is 0 Å². The Bertz CT molecular complexity index is 1140. The first-order valence-electron chi connectivity index (χ1n) is 13.5. The van der Waals surface area contributed by atoms with Crippen molar-refractivity contribution in [3.63, 3.8) is 0 Å². The van der Waals surface area contributed by atoms with Crippen LogP contribution in [-0.4, -0.2) is 62.7 Å². The number of amides is 1. The number of halogens is 1. The minimum atomic E-state index is -0.863. The van der Waals surface area contributed by atoms with Crippen LogP contribution in [0.2, 0.25) is 0 Å². The second-order valence-corrected chi connectivity index (χ2v) is 11.6. The van der Waals surface area contributed by atoms with Gasteiger partial charge in [-0.3, -0.25) is 4.90 Å². The van der Waals surface area contributed by atoms with Gasteiger partial charge in [0.25, 0.3) is 0 Å². The topological polar surface area (TPSA) is 92.8 Å². The summed E-state index contributed by atoms with van der Waals surface area (Å²) in [6.07, 6.45) is 3.33. The molecule has 9 nitrogen and oxygen atoms in total. The summed E-state index contributed by atoms with van der Waals surface area (Å²) in [4.78, 5) is 27.7. The van der Waals surface area contributed by atoms with E-state index in [1.807, 2.05) is 6.08 Å². The number of hydrogen-bond donors (Lipinski definition) is 0. The van der Waals surface area contributed by atoms with Crippen molar-refractivity contribution in [2.45, 2.75) is 91.0 Å². The molecule has 0 saturated carbocycles. The number of anilines is 1. The van der Waals surface area contributed by atoms with Crippen LogP contribution in [-0.2, 0) is 23.7 Å². The van der Waals surface area contributed by atoms with Crippen LogP contribution >= 0.6 is 0 Å². The van der Waals surface area contributed by atoms with Crippen molar-refractivity contribution in [3.8, 4) is 5.75 Å². The van der Waals surface area contributed by atoms with Crippen molar-refractivity contribution in [2.75, 3.05) is 25.9 Å². The number of benzene rings is 1. The molecule has 40 heavy (non-hydrogen) atoms. The van der Waals surface area contributed by atoms with E-state index in [1.54, 1.807) is 73.7 Å². The van der Waals surface area contributed by atoms with Crippen molar-refractivity contribution >= 4 is 23.8 Å². The zero-order valence-electron chi connectivity index (χ0n) is 24.9. The molecule has 0 radical (unpaired) electrons. The quantitative estimate of drug-likeness (QED) is 0.307. The molecule has 0 aliphatic carbocycles. The summed E-state index contributed by atoms with van der Waals surface area (Å²) in [6.45, 7) is 12.3. The fourth-order valence-electron chi connectivity index (χ4n) is 4.46. The van der Waals surface area contributed by atoms with E-state index in [-0.39, 0.29) is 30.4 Å². The lowest BCUT2D eigenvalue weighted by molar-refractivity contribution is -0.146. The van der Waals surface area contributed by atoms with Gasteiger partial charge in [-0.05, 0) is 65.7 Å². The molecule has 1 fully saturated rings. The average Bonchev–Trinajstić information content (AvgIpc) is 3.12. The van der Waals surface area contributed by atoms with Gasteiger partial charge < -0.3 is 28.4 Å². The Morgan fingerprint density at radius 1 is 1.18 bits per heavy atom. The fourth-order valence-corrected chi connectivity index (χ4v) is 4.46. The summed E-state index contributed by atoms with van der Waals surface area (Å²) in [6, 6.07) is 3.24. The van der Waals surface area contributed by atoms with Gasteiger partial charge in [-0.2, -0.15) is 0 Å². The number of hydrogen-bond acceptors (Lipinski definition) is 8. The summed E-state index contributed by atoms with van der Waals surface area (Å²) < 4.78 is 49.2. The summed E-state index contributed by atoms with van der Waals surface area (Å²) in [7, 11) is 3.03. The maximum Gasteiger partial charge on any atom is 0.414 e. The minimum absolute atomic E-state index is 0.0450. The van der Waals surface area contributed by atoms with Crippen LogP contribution in [0.3, 0.4) is 0 Å². The predicted molar refractivity (Wildman–Crippen MR) is 149 cm³/mol. The lowest BCUT2D eigenvalue weighted by Gasteiger charge is -2.26. The zero-order valence-corrected chi connectivity index (χ0v) is 24.9. The number of fused-ring (bicyclic) bond motifs is 2. The van der Waals surface area contributed by atoms with Gasteiger partial charge in [0.05, 0.1) is 23.7 Å². The Labute approximate surface area is 236 Å². The number of esters is 1. The highest BCUT2D eigenvalue weighted by Crippen LogP contribution is 2.36. The van der Waals surface area contributed by atoms with Gasteiger partial charge in [0.1, 0.15) is 23.0 Å². The molecule has 222 valence electrons. The molecular weight excluding hydrogens is 521 g/mol. The fraction of sp³-hybridized carbons (Fsp3) is 0.600. The molecule has 1 saturated heterocycles. The summed E-state index contributed by atoms with van der Waals surface area (Å²) >= 11 is 0. The van der Waals surface area contributed by atoms with Gasteiger partial charge in [0.15, 0.2) is 12.6 Å². The molecule has 0 aromatic heterocycles. The molecule has 1 aromatic rings. The molecule has 2 aliphatic heterocycles. The smallest absolute Gasteiger partial charge is 0.414 e. The Morgan fingerprint density at radius 2 is 1.85 bits per heavy atom. The van der Waals surface area contributed by atoms with Crippen molar-refractivity contribution in [2.24, 2.45) is 5.92 Å². The first-order valence-corrected chi connectivity index (χ1v) is 13.5. The van der Waals surface area contributed by atoms with E-state index in [9.17, 15) is 14.0 Å². The average molecular weight is 564 g/mol. The van der Waals surface area contributed by atoms with Gasteiger partial charge in [-0.25, -0.2) is 14.0 Å². The van der Waals surface area contributed by atoms with Crippen molar-refractivity contribution in [3.05, 3.63) is 41.2 Å². The van der Waals surface area contributed by atoms with E-state index in [2.05, 4.69) is 0 Å². The van der Waals surface area contributed by atoms with Gasteiger partial charge >= 0.3 is 12.1 Å². The Balaban J connectivity index is 2.11. The minimum Gasteiger partial charge on any atom is -0.467 e. The Morgan fingerprint density at radius 3 is 2.50 bits per heavy atom. The van der Waals surface area contributed by atoms with Gasteiger partial charge in [-0.1, -0.05) is 19.1 Å². The van der Waals surface area contributed by atoms with E-state index in [0.717, 1.165) is 0 Å². The van der Waals surface area contributed by atoms with E-state index in [0.29, 0.717) is 17.7 Å². The normalized spacial score (nSPS) is 26.4. The van der Waals surface area contributed by atoms with Crippen LogP contribution in [0, 0.1) is 5.92 Å². The maximum atomic E-state index is 15.0. The lowest BCUT2D eigenvalue weighted by atomic mass is 9.99. The largest absolute Gasteiger partial charge is 0.467 e. The third-order valence-electron chi connectivity index (χ3n) is 6.53. The molecular formula is C30H42FNO8. The summed E-state index contributed by atoms with van der Waals surface area (Å²) in [5.74, 6) is -2.13. The van der Waals surface area contributed by atoms with E-state index < -0.39 is 47.7 Å². The van der Waals surface area contributed by atoms with Crippen molar-refractivity contribution < 1.29 is 42.4 Å². The number of cyclic esters (lactones) is 1. The third-order valence-corrected chi connectivity index (χ3v) is 6.53. The zero-order chi connectivity index (χ0) is 29.8. The molecule has 0 N–H and O–H groups in total. The van der Waals surface area contributed by atoms with E-state index in [4.69, 9.17) is 28.4 Å². The highest BCUT2D eigenvalue weighted by Gasteiger charge is 2.41. The third kappa shape index (κ3) is 8.28. The standard InChI is InChI=1S/C30H42FNO8/c1-18-13-21(31)15-24-23(38-30(6,7)39-24)12-10-11-20-14-22(32(8)28(34)40-29(3,4)5)16-25(36-17-35-9)26(20)27(33)37-19(18)2/h10-11,13-14,16,18-19,23-24H,12,15,17H2,1-9H3/b11-10?,21-13+/t18-,19+,23?,24?/m1/s1. The predicted octanol–water partition coefficient (Wildman–Crippen LogP) is 6.40. The molecule has 2 heterocycles. The molecule has 0 bridgehead atoms. The second-order valence-electron chi connectivity index (χ2n) is 11.6. The SMILES string of the molecule is COCOc1cc(N(C)C(=O)OC(C)(C)C)cc2c1C(=O)O[C@@H](C)[C@H](C)/C=C(/F)CC1OC(C)(C)OC1CC=C2. The molecule has 2 aliphatic rings. The van der Waals surface area contributed by atoms with Crippen molar-refractivity contribution in [1.82, 2.24) is 0 Å². The molecule has 1 amide bonds. The molecule has 3 rings (SSSR count). The lowest BCUT2D eigenvalue weighted by Crippen LogP contribution is -2.34. The maximum absolute atomic E-state index is 15.0. The number of carbonyl (C=O) groups excluding carboxylic acids is 2. The molecule has 2 unspecified atom stereocenters. The Kier molecular flexibility index (Phi) is 10.0.